The second-order valence-corrected chi connectivity index (χ2v) is 15.2. The molecule has 2 aliphatic heterocycles. The highest BCUT2D eigenvalue weighted by molar-refractivity contribution is 5.78. The Hall–Kier alpha value is -1.46. The number of rotatable bonds is 4. The van der Waals surface area contributed by atoms with Crippen LogP contribution in [0.25, 0.3) is 0 Å². The third kappa shape index (κ3) is 14.6. The molecule has 6 aliphatic rings. The van der Waals surface area contributed by atoms with E-state index in [1.165, 1.54) is 6.42 Å². The summed E-state index contributed by atoms with van der Waals surface area (Å²) in [5.74, 6) is 1.46. The number of ether oxygens (including phenoxy) is 10. The fourth-order valence-electron chi connectivity index (χ4n) is 9.31. The van der Waals surface area contributed by atoms with E-state index in [9.17, 15) is 9.59 Å². The molecule has 0 aromatic carbocycles. The molecule has 52 heavy (non-hydrogen) atoms. The van der Waals surface area contributed by atoms with Gasteiger partial charge in [0.25, 0.3) is 0 Å². The van der Waals surface area contributed by atoms with Crippen LogP contribution in [0.15, 0.2) is 0 Å². The topological polar surface area (TPSA) is 133 Å². The average molecular weight is 743 g/mol. The first kappa shape index (κ1) is 41.7. The maximum atomic E-state index is 14.1. The van der Waals surface area contributed by atoms with Crippen LogP contribution in [0.3, 0.4) is 0 Å². The second kappa shape index (κ2) is 23.5. The molecule has 0 radical (unpaired) electrons. The van der Waals surface area contributed by atoms with Gasteiger partial charge in [-0.25, -0.2) is 0 Å². The molecule has 300 valence electrons. The van der Waals surface area contributed by atoms with Gasteiger partial charge in [-0.1, -0.05) is 0 Å². The van der Waals surface area contributed by atoms with Gasteiger partial charge in [0.15, 0.2) is 0 Å². The van der Waals surface area contributed by atoms with Gasteiger partial charge in [-0.2, -0.15) is 0 Å². The molecule has 14 nitrogen and oxygen atoms in total. The van der Waals surface area contributed by atoms with Crippen LogP contribution in [-0.2, 0) is 57.0 Å². The van der Waals surface area contributed by atoms with Crippen molar-refractivity contribution in [3.8, 4) is 0 Å². The van der Waals surface area contributed by atoms with E-state index >= 15 is 0 Å². The van der Waals surface area contributed by atoms with Crippen LogP contribution in [-0.4, -0.2) is 180 Å². The molecular formula is C38H66N2O12. The van der Waals surface area contributed by atoms with E-state index in [0.717, 1.165) is 32.1 Å². The summed E-state index contributed by atoms with van der Waals surface area (Å²) in [6.45, 7) is 11.8. The third-order valence-electron chi connectivity index (χ3n) is 11.1. The first-order valence-corrected chi connectivity index (χ1v) is 19.9. The van der Waals surface area contributed by atoms with Crippen LogP contribution >= 0.6 is 0 Å². The number of carbonyl (C=O) groups excluding carboxylic acids is 2. The molecule has 0 spiro atoms. The first-order valence-electron chi connectivity index (χ1n) is 19.9. The van der Waals surface area contributed by atoms with Crippen molar-refractivity contribution in [3.63, 3.8) is 0 Å². The Balaban J connectivity index is 1.16. The number of carbonyl (C=O) groups is 2. The van der Waals surface area contributed by atoms with Crippen molar-refractivity contribution in [3.05, 3.63) is 0 Å². The lowest BCUT2D eigenvalue weighted by atomic mass is 9.43. The molecule has 6 fully saturated rings. The van der Waals surface area contributed by atoms with Gasteiger partial charge in [0.1, 0.15) is 0 Å². The Bertz CT molecular complexity index is 897. The molecule has 0 N–H and O–H groups in total. The summed E-state index contributed by atoms with van der Waals surface area (Å²) in [5.41, 5.74) is -0.132. The summed E-state index contributed by atoms with van der Waals surface area (Å²) in [6, 6.07) is 0. The summed E-state index contributed by atoms with van der Waals surface area (Å²) < 4.78 is 56.8. The van der Waals surface area contributed by atoms with Gasteiger partial charge in [-0.15, -0.1) is 0 Å². The molecule has 4 bridgehead atoms. The fourth-order valence-corrected chi connectivity index (χ4v) is 9.31. The van der Waals surface area contributed by atoms with Gasteiger partial charge < -0.3 is 57.2 Å². The van der Waals surface area contributed by atoms with E-state index in [1.54, 1.807) is 0 Å². The number of hydrogen-bond acceptors (Lipinski definition) is 12. The highest BCUT2D eigenvalue weighted by Crippen LogP contribution is 2.67. The molecule has 6 rings (SSSR count). The Kier molecular flexibility index (Phi) is 18.8. The quantitative estimate of drug-likeness (QED) is 0.419. The van der Waals surface area contributed by atoms with Crippen LogP contribution in [0.2, 0.25) is 0 Å². The molecule has 0 aromatic rings. The smallest absolute Gasteiger partial charge is 0.223 e. The monoisotopic (exact) mass is 742 g/mol. The van der Waals surface area contributed by atoms with Gasteiger partial charge in [0, 0.05) is 39.0 Å². The van der Waals surface area contributed by atoms with Crippen molar-refractivity contribution >= 4 is 11.8 Å². The summed E-state index contributed by atoms with van der Waals surface area (Å²) in [7, 11) is 0. The number of nitrogens with zero attached hydrogens (tertiary/aromatic N) is 2. The van der Waals surface area contributed by atoms with E-state index in [4.69, 9.17) is 47.4 Å². The van der Waals surface area contributed by atoms with Gasteiger partial charge in [0.05, 0.1) is 132 Å². The van der Waals surface area contributed by atoms with Crippen LogP contribution in [0.4, 0.5) is 0 Å². The largest absolute Gasteiger partial charge is 0.377 e. The van der Waals surface area contributed by atoms with Gasteiger partial charge >= 0.3 is 0 Å². The Morgan fingerprint density at radius 2 is 0.615 bits per heavy atom. The van der Waals surface area contributed by atoms with E-state index in [0.29, 0.717) is 183 Å². The molecule has 0 unspecified atom stereocenters. The zero-order valence-electron chi connectivity index (χ0n) is 31.6. The first-order chi connectivity index (χ1) is 25.5. The second-order valence-electron chi connectivity index (χ2n) is 15.2. The van der Waals surface area contributed by atoms with Crippen LogP contribution in [0.5, 0.6) is 0 Å². The zero-order chi connectivity index (χ0) is 36.2. The normalized spacial score (nSPS) is 32.6. The Morgan fingerprint density at radius 1 is 0.385 bits per heavy atom. The molecule has 14 heteroatoms. The van der Waals surface area contributed by atoms with Crippen molar-refractivity contribution in [2.24, 2.45) is 22.7 Å². The zero-order valence-corrected chi connectivity index (χ0v) is 31.6. The van der Waals surface area contributed by atoms with Gasteiger partial charge in [0.2, 0.25) is 11.8 Å². The van der Waals surface area contributed by atoms with Crippen molar-refractivity contribution in [1.82, 2.24) is 9.80 Å². The van der Waals surface area contributed by atoms with Crippen molar-refractivity contribution in [2.45, 2.75) is 51.4 Å². The van der Waals surface area contributed by atoms with E-state index < -0.39 is 0 Å². The Morgan fingerprint density at radius 3 is 0.865 bits per heavy atom. The van der Waals surface area contributed by atoms with E-state index in [2.05, 4.69) is 0 Å². The maximum Gasteiger partial charge on any atom is 0.223 e. The van der Waals surface area contributed by atoms with Gasteiger partial charge in [-0.3, -0.25) is 9.59 Å². The molecule has 0 atom stereocenters. The lowest BCUT2D eigenvalue weighted by molar-refractivity contribution is -0.156. The Labute approximate surface area is 310 Å². The van der Waals surface area contributed by atoms with E-state index in [-0.39, 0.29) is 22.6 Å². The molecular weight excluding hydrogens is 676 g/mol. The molecule has 2 heterocycles. The highest BCUT2D eigenvalue weighted by Gasteiger charge is 2.58. The average Bonchev–Trinajstić information content (AvgIpc) is 3.10. The van der Waals surface area contributed by atoms with Crippen molar-refractivity contribution in [1.29, 1.82) is 0 Å². The highest BCUT2D eigenvalue weighted by atomic mass is 16.6. The molecule has 4 saturated carbocycles. The maximum absolute atomic E-state index is 14.1. The number of amides is 2. The van der Waals surface area contributed by atoms with Gasteiger partial charge in [-0.05, 0) is 61.2 Å². The summed E-state index contributed by atoms with van der Waals surface area (Å²) in [4.78, 5) is 32.1. The standard InChI is InChI=1S/C38H66N2O12/c41-35(39-1-5-43-9-13-47-17-21-51-22-18-48-14-10-44-6-2-39)30-37-26-33-25-34(27-37)29-38(28-33,32-37)31-36(42)40-3-7-45-11-15-49-19-23-52-24-20-50-16-12-46-8-4-40/h33-34H,1-32H2. The summed E-state index contributed by atoms with van der Waals surface area (Å²) in [5, 5.41) is 0. The lowest BCUT2D eigenvalue weighted by Crippen LogP contribution is -2.55. The van der Waals surface area contributed by atoms with Crippen molar-refractivity contribution in [2.75, 3.05) is 158 Å². The third-order valence-corrected chi connectivity index (χ3v) is 11.1. The molecule has 2 saturated heterocycles. The minimum absolute atomic E-state index is 0.0659. The van der Waals surface area contributed by atoms with Crippen LogP contribution in [0, 0.1) is 22.7 Å². The minimum Gasteiger partial charge on any atom is -0.377 e. The predicted octanol–water partition coefficient (Wildman–Crippen LogP) is 2.20. The van der Waals surface area contributed by atoms with Crippen LogP contribution in [0.1, 0.15) is 51.4 Å². The predicted molar refractivity (Wildman–Crippen MR) is 190 cm³/mol. The summed E-state index contributed by atoms with van der Waals surface area (Å²) in [6.07, 6.45) is 7.49. The fraction of sp³-hybridized carbons (Fsp3) is 0.947. The van der Waals surface area contributed by atoms with Crippen LogP contribution < -0.4 is 0 Å². The lowest BCUT2D eigenvalue weighted by Gasteiger charge is -2.62. The van der Waals surface area contributed by atoms with Crippen molar-refractivity contribution < 1.29 is 57.0 Å². The minimum atomic E-state index is -0.0659. The van der Waals surface area contributed by atoms with E-state index in [1.807, 2.05) is 9.80 Å². The SMILES string of the molecule is O=C(CC12CC3CC(C1)CC(CC(=O)N1CCOCCOCCOCCOCCOCC1)(C3)C2)N1CCOCCOCCOCCOCCOCC1. The molecule has 2 amide bonds. The molecule has 0 aromatic heterocycles. The summed E-state index contributed by atoms with van der Waals surface area (Å²) >= 11 is 0. The number of hydrogen-bond donors (Lipinski definition) is 0. The molecule has 4 aliphatic carbocycles.